The number of hydrogen-bond donors (Lipinski definition) is 2. The summed E-state index contributed by atoms with van der Waals surface area (Å²) in [5, 5.41) is 5.62. The molecule has 0 aliphatic heterocycles. The summed E-state index contributed by atoms with van der Waals surface area (Å²) in [6.45, 7) is 7.98. The first-order chi connectivity index (χ1) is 9.19. The van der Waals surface area contributed by atoms with Crippen molar-refractivity contribution in [1.82, 2.24) is 10.6 Å². The standard InChI is InChI=1S/C15H21BrN2O2/c1-10-5-6-11(16)9-12(10)14(20)17-8-7-13(19)18-15(2,3)4/h5-6,9H,7-8H2,1-4H3,(H,17,20)(H,18,19). The lowest BCUT2D eigenvalue weighted by molar-refractivity contribution is -0.122. The van der Waals surface area contributed by atoms with Gasteiger partial charge in [0, 0.05) is 28.5 Å². The number of carbonyl (C=O) groups is 2. The topological polar surface area (TPSA) is 58.2 Å². The fourth-order valence-electron chi connectivity index (χ4n) is 1.70. The summed E-state index contributed by atoms with van der Waals surface area (Å²) in [5.41, 5.74) is 1.28. The predicted molar refractivity (Wildman–Crippen MR) is 83.7 cm³/mol. The molecule has 0 aliphatic rings. The lowest BCUT2D eigenvalue weighted by Gasteiger charge is -2.20. The van der Waals surface area contributed by atoms with Gasteiger partial charge in [0.25, 0.3) is 5.91 Å². The quantitative estimate of drug-likeness (QED) is 0.885. The van der Waals surface area contributed by atoms with Crippen LogP contribution in [-0.2, 0) is 4.79 Å². The van der Waals surface area contributed by atoms with Gasteiger partial charge in [-0.05, 0) is 45.4 Å². The first-order valence-corrected chi connectivity index (χ1v) is 7.34. The molecule has 110 valence electrons. The predicted octanol–water partition coefficient (Wildman–Crippen LogP) is 2.79. The second-order valence-electron chi connectivity index (χ2n) is 5.76. The Labute approximate surface area is 128 Å². The van der Waals surface area contributed by atoms with Gasteiger partial charge in [-0.25, -0.2) is 0 Å². The molecular weight excluding hydrogens is 320 g/mol. The van der Waals surface area contributed by atoms with Crippen molar-refractivity contribution in [3.63, 3.8) is 0 Å². The van der Waals surface area contributed by atoms with Crippen molar-refractivity contribution in [2.24, 2.45) is 0 Å². The highest BCUT2D eigenvalue weighted by Gasteiger charge is 2.14. The average Bonchev–Trinajstić information content (AvgIpc) is 2.29. The van der Waals surface area contributed by atoms with Gasteiger partial charge in [-0.1, -0.05) is 22.0 Å². The number of benzene rings is 1. The van der Waals surface area contributed by atoms with E-state index >= 15 is 0 Å². The van der Waals surface area contributed by atoms with Crippen LogP contribution in [0.2, 0.25) is 0 Å². The minimum Gasteiger partial charge on any atom is -0.352 e. The van der Waals surface area contributed by atoms with Gasteiger partial charge in [0.1, 0.15) is 0 Å². The Kier molecular flexibility index (Phi) is 5.74. The molecule has 5 heteroatoms. The molecule has 20 heavy (non-hydrogen) atoms. The molecular formula is C15H21BrN2O2. The van der Waals surface area contributed by atoms with Crippen LogP contribution in [-0.4, -0.2) is 23.9 Å². The van der Waals surface area contributed by atoms with Crippen LogP contribution >= 0.6 is 15.9 Å². The molecule has 0 aliphatic carbocycles. The molecule has 2 N–H and O–H groups in total. The summed E-state index contributed by atoms with van der Waals surface area (Å²) in [5.74, 6) is -0.226. The number of aryl methyl sites for hydroxylation is 1. The molecule has 0 atom stereocenters. The van der Waals surface area contributed by atoms with E-state index in [1.807, 2.05) is 39.8 Å². The Morgan fingerprint density at radius 1 is 1.25 bits per heavy atom. The van der Waals surface area contributed by atoms with Crippen molar-refractivity contribution in [3.8, 4) is 0 Å². The van der Waals surface area contributed by atoms with Crippen LogP contribution in [0.4, 0.5) is 0 Å². The van der Waals surface area contributed by atoms with Crippen LogP contribution in [0.15, 0.2) is 22.7 Å². The van der Waals surface area contributed by atoms with Gasteiger partial charge < -0.3 is 10.6 Å². The van der Waals surface area contributed by atoms with E-state index in [4.69, 9.17) is 0 Å². The zero-order valence-electron chi connectivity index (χ0n) is 12.3. The van der Waals surface area contributed by atoms with Gasteiger partial charge in [-0.3, -0.25) is 9.59 Å². The Bertz CT molecular complexity index is 507. The minimum atomic E-state index is -0.248. The second-order valence-corrected chi connectivity index (χ2v) is 6.68. The summed E-state index contributed by atoms with van der Waals surface area (Å²) >= 11 is 3.34. The monoisotopic (exact) mass is 340 g/mol. The van der Waals surface area contributed by atoms with Crippen LogP contribution in [0.5, 0.6) is 0 Å². The molecule has 2 amide bonds. The molecule has 1 aromatic carbocycles. The number of nitrogens with one attached hydrogen (secondary N) is 2. The van der Waals surface area contributed by atoms with Crippen molar-refractivity contribution >= 4 is 27.7 Å². The number of rotatable bonds is 4. The molecule has 1 rings (SSSR count). The first-order valence-electron chi connectivity index (χ1n) is 6.54. The molecule has 0 fully saturated rings. The zero-order valence-corrected chi connectivity index (χ0v) is 13.9. The Morgan fingerprint density at radius 2 is 1.90 bits per heavy atom. The average molecular weight is 341 g/mol. The highest BCUT2D eigenvalue weighted by atomic mass is 79.9. The number of hydrogen-bond acceptors (Lipinski definition) is 2. The summed E-state index contributed by atoms with van der Waals surface area (Å²) in [7, 11) is 0. The molecule has 0 saturated heterocycles. The van der Waals surface area contributed by atoms with E-state index in [0.29, 0.717) is 12.1 Å². The molecule has 0 bridgehead atoms. The molecule has 0 radical (unpaired) electrons. The molecule has 4 nitrogen and oxygen atoms in total. The fourth-order valence-corrected chi connectivity index (χ4v) is 2.07. The maximum Gasteiger partial charge on any atom is 0.251 e. The van der Waals surface area contributed by atoms with Gasteiger partial charge in [-0.15, -0.1) is 0 Å². The van der Waals surface area contributed by atoms with Crippen molar-refractivity contribution in [3.05, 3.63) is 33.8 Å². The summed E-state index contributed by atoms with van der Waals surface area (Å²) in [6.07, 6.45) is 0.274. The maximum absolute atomic E-state index is 12.0. The number of halogens is 1. The first kappa shape index (κ1) is 16.7. The molecule has 1 aromatic rings. The van der Waals surface area contributed by atoms with E-state index in [9.17, 15) is 9.59 Å². The second kappa shape index (κ2) is 6.88. The maximum atomic E-state index is 12.0. The molecule has 0 heterocycles. The smallest absolute Gasteiger partial charge is 0.251 e. The van der Waals surface area contributed by atoms with Gasteiger partial charge >= 0.3 is 0 Å². The molecule has 0 unspecified atom stereocenters. The lowest BCUT2D eigenvalue weighted by Crippen LogP contribution is -2.42. The summed E-state index contributed by atoms with van der Waals surface area (Å²) in [6, 6.07) is 5.55. The van der Waals surface area contributed by atoms with E-state index in [1.54, 1.807) is 6.07 Å². The highest BCUT2D eigenvalue weighted by molar-refractivity contribution is 9.10. The lowest BCUT2D eigenvalue weighted by atomic mass is 10.1. The van der Waals surface area contributed by atoms with E-state index in [-0.39, 0.29) is 23.8 Å². The van der Waals surface area contributed by atoms with Gasteiger partial charge in [-0.2, -0.15) is 0 Å². The van der Waals surface area contributed by atoms with Crippen LogP contribution in [0.1, 0.15) is 43.1 Å². The zero-order chi connectivity index (χ0) is 15.3. The highest BCUT2D eigenvalue weighted by Crippen LogP contribution is 2.15. The van der Waals surface area contributed by atoms with E-state index in [2.05, 4.69) is 26.6 Å². The largest absolute Gasteiger partial charge is 0.352 e. The fraction of sp³-hybridized carbons (Fsp3) is 0.467. The SMILES string of the molecule is Cc1ccc(Br)cc1C(=O)NCCC(=O)NC(C)(C)C. The molecule has 0 spiro atoms. The summed E-state index contributed by atoms with van der Waals surface area (Å²) in [4.78, 5) is 23.6. The number of amides is 2. The normalized spacial score (nSPS) is 11.1. The Balaban J connectivity index is 2.48. The van der Waals surface area contributed by atoms with E-state index in [0.717, 1.165) is 10.0 Å². The van der Waals surface area contributed by atoms with Crippen LogP contribution in [0.3, 0.4) is 0 Å². The van der Waals surface area contributed by atoms with Crippen LogP contribution < -0.4 is 10.6 Å². The van der Waals surface area contributed by atoms with E-state index in [1.165, 1.54) is 0 Å². The van der Waals surface area contributed by atoms with Crippen molar-refractivity contribution in [1.29, 1.82) is 0 Å². The third-order valence-corrected chi connectivity index (χ3v) is 3.09. The molecule has 0 aromatic heterocycles. The van der Waals surface area contributed by atoms with Crippen LogP contribution in [0, 0.1) is 6.92 Å². The van der Waals surface area contributed by atoms with Gasteiger partial charge in [0.2, 0.25) is 5.91 Å². The van der Waals surface area contributed by atoms with E-state index < -0.39 is 0 Å². The minimum absolute atomic E-state index is 0.0660. The van der Waals surface area contributed by atoms with Gasteiger partial charge in [0.05, 0.1) is 0 Å². The Hall–Kier alpha value is -1.36. The summed E-state index contributed by atoms with van der Waals surface area (Å²) < 4.78 is 0.860. The molecule has 0 saturated carbocycles. The van der Waals surface area contributed by atoms with Gasteiger partial charge in [0.15, 0.2) is 0 Å². The Morgan fingerprint density at radius 3 is 2.50 bits per heavy atom. The number of carbonyl (C=O) groups excluding carboxylic acids is 2. The third-order valence-electron chi connectivity index (χ3n) is 2.60. The van der Waals surface area contributed by atoms with Crippen molar-refractivity contribution in [2.75, 3.05) is 6.54 Å². The third kappa shape index (κ3) is 5.74. The van der Waals surface area contributed by atoms with Crippen molar-refractivity contribution < 1.29 is 9.59 Å². The van der Waals surface area contributed by atoms with Crippen LogP contribution in [0.25, 0.3) is 0 Å². The van der Waals surface area contributed by atoms with Crippen molar-refractivity contribution in [2.45, 2.75) is 39.7 Å².